The second-order valence-corrected chi connectivity index (χ2v) is 6.53. The Balaban J connectivity index is 1.68. The van der Waals surface area contributed by atoms with Crippen molar-refractivity contribution in [2.24, 2.45) is 0 Å². The maximum absolute atomic E-state index is 12.9. The molecule has 130 valence electrons. The molecule has 0 saturated carbocycles. The van der Waals surface area contributed by atoms with Gasteiger partial charge in [0.1, 0.15) is 11.6 Å². The van der Waals surface area contributed by atoms with Crippen LogP contribution in [-0.2, 0) is 17.8 Å². The number of benzene rings is 2. The van der Waals surface area contributed by atoms with Crippen molar-refractivity contribution < 1.29 is 9.18 Å². The number of imidazole rings is 1. The molecule has 0 bridgehead atoms. The molecule has 25 heavy (non-hydrogen) atoms. The number of nitrogens with one attached hydrogen (secondary N) is 1. The molecule has 0 spiro atoms. The quantitative estimate of drug-likeness (QED) is 0.766. The average Bonchev–Trinajstić information content (AvgIpc) is 2.89. The summed E-state index contributed by atoms with van der Waals surface area (Å²) in [7, 11) is 0. The second kappa shape index (κ2) is 7.05. The van der Waals surface area contributed by atoms with E-state index in [1.165, 1.54) is 12.1 Å². The monoisotopic (exact) mass is 339 g/mol. The third-order valence-electron chi connectivity index (χ3n) is 4.21. The molecule has 3 rings (SSSR count). The molecule has 1 amide bonds. The molecule has 1 aromatic heterocycles. The molecular formula is C20H22FN3O. The van der Waals surface area contributed by atoms with Gasteiger partial charge in [-0.05, 0) is 56.2 Å². The van der Waals surface area contributed by atoms with Gasteiger partial charge in [0.2, 0.25) is 5.91 Å². The summed E-state index contributed by atoms with van der Waals surface area (Å²) in [6.45, 7) is 6.65. The van der Waals surface area contributed by atoms with E-state index < -0.39 is 0 Å². The number of rotatable bonds is 5. The first-order valence-corrected chi connectivity index (χ1v) is 8.42. The number of carbonyl (C=O) groups is 1. The molecule has 1 N–H and O–H groups in total. The number of halogens is 1. The zero-order valence-electron chi connectivity index (χ0n) is 14.7. The molecule has 0 atom stereocenters. The lowest BCUT2D eigenvalue weighted by molar-refractivity contribution is -0.120. The van der Waals surface area contributed by atoms with Crippen molar-refractivity contribution in [2.45, 2.75) is 39.8 Å². The van der Waals surface area contributed by atoms with E-state index in [1.807, 2.05) is 25.1 Å². The van der Waals surface area contributed by atoms with Crippen LogP contribution >= 0.6 is 0 Å². The SMILES string of the molecule is Cc1nc2cc(CC(=O)NCc3ccc(F)cc3)ccc2n1C(C)C. The molecule has 5 heteroatoms. The van der Waals surface area contributed by atoms with Crippen LogP contribution in [0.3, 0.4) is 0 Å². The zero-order chi connectivity index (χ0) is 18.0. The molecule has 0 radical (unpaired) electrons. The fourth-order valence-corrected chi connectivity index (χ4v) is 3.08. The van der Waals surface area contributed by atoms with Gasteiger partial charge in [-0.15, -0.1) is 0 Å². The van der Waals surface area contributed by atoms with Crippen molar-refractivity contribution >= 4 is 16.9 Å². The second-order valence-electron chi connectivity index (χ2n) is 6.53. The van der Waals surface area contributed by atoms with Crippen LogP contribution in [0.2, 0.25) is 0 Å². The minimum absolute atomic E-state index is 0.0660. The van der Waals surface area contributed by atoms with Crippen molar-refractivity contribution in [2.75, 3.05) is 0 Å². The summed E-state index contributed by atoms with van der Waals surface area (Å²) < 4.78 is 15.1. The van der Waals surface area contributed by atoms with Gasteiger partial charge in [-0.3, -0.25) is 4.79 Å². The van der Waals surface area contributed by atoms with Crippen LogP contribution < -0.4 is 5.32 Å². The highest BCUT2D eigenvalue weighted by Crippen LogP contribution is 2.22. The molecule has 0 unspecified atom stereocenters. The number of nitrogens with zero attached hydrogens (tertiary/aromatic N) is 2. The Kier molecular flexibility index (Phi) is 4.83. The van der Waals surface area contributed by atoms with Gasteiger partial charge in [-0.25, -0.2) is 9.37 Å². The van der Waals surface area contributed by atoms with Crippen molar-refractivity contribution in [3.05, 3.63) is 65.2 Å². The van der Waals surface area contributed by atoms with Crippen LogP contribution in [0, 0.1) is 12.7 Å². The number of amides is 1. The zero-order valence-corrected chi connectivity index (χ0v) is 14.7. The van der Waals surface area contributed by atoms with E-state index in [0.29, 0.717) is 19.0 Å². The van der Waals surface area contributed by atoms with Gasteiger partial charge in [-0.2, -0.15) is 0 Å². The van der Waals surface area contributed by atoms with Crippen LogP contribution in [0.25, 0.3) is 11.0 Å². The van der Waals surface area contributed by atoms with Gasteiger partial charge < -0.3 is 9.88 Å². The van der Waals surface area contributed by atoms with Crippen LogP contribution in [-0.4, -0.2) is 15.5 Å². The Hall–Kier alpha value is -2.69. The standard InChI is InChI=1S/C20H22FN3O/c1-13(2)24-14(3)23-18-10-16(6-9-19(18)24)11-20(25)22-12-15-4-7-17(21)8-5-15/h4-10,13H,11-12H2,1-3H3,(H,22,25). The minimum atomic E-state index is -0.278. The van der Waals surface area contributed by atoms with E-state index in [1.54, 1.807) is 12.1 Å². The largest absolute Gasteiger partial charge is 0.352 e. The smallest absolute Gasteiger partial charge is 0.224 e. The maximum Gasteiger partial charge on any atom is 0.224 e. The predicted molar refractivity (Wildman–Crippen MR) is 96.8 cm³/mol. The summed E-state index contributed by atoms with van der Waals surface area (Å²) >= 11 is 0. The van der Waals surface area contributed by atoms with Crippen LogP contribution in [0.5, 0.6) is 0 Å². The molecule has 1 heterocycles. The topological polar surface area (TPSA) is 46.9 Å². The van der Waals surface area contributed by atoms with Crippen LogP contribution in [0.15, 0.2) is 42.5 Å². The first kappa shape index (κ1) is 17.1. The Morgan fingerprint density at radius 3 is 2.52 bits per heavy atom. The summed E-state index contributed by atoms with van der Waals surface area (Å²) in [5, 5.41) is 2.86. The van der Waals surface area contributed by atoms with E-state index in [0.717, 1.165) is 28.0 Å². The van der Waals surface area contributed by atoms with Crippen molar-refractivity contribution in [1.29, 1.82) is 0 Å². The molecular weight excluding hydrogens is 317 g/mol. The summed E-state index contributed by atoms with van der Waals surface area (Å²) in [5.41, 5.74) is 3.80. The van der Waals surface area contributed by atoms with E-state index in [-0.39, 0.29) is 11.7 Å². The van der Waals surface area contributed by atoms with Crippen molar-refractivity contribution in [3.8, 4) is 0 Å². The molecule has 0 fully saturated rings. The Bertz CT molecular complexity index is 897. The Labute approximate surface area is 146 Å². The molecule has 0 aliphatic heterocycles. The van der Waals surface area contributed by atoms with Gasteiger partial charge in [0.15, 0.2) is 0 Å². The lowest BCUT2D eigenvalue weighted by Gasteiger charge is -2.11. The summed E-state index contributed by atoms with van der Waals surface area (Å²) in [6, 6.07) is 12.4. The lowest BCUT2D eigenvalue weighted by atomic mass is 10.1. The fraction of sp³-hybridized carbons (Fsp3) is 0.300. The summed E-state index contributed by atoms with van der Waals surface area (Å²) in [5.74, 6) is 0.631. The number of carbonyl (C=O) groups excluding carboxylic acids is 1. The van der Waals surface area contributed by atoms with E-state index >= 15 is 0 Å². The minimum Gasteiger partial charge on any atom is -0.352 e. The molecule has 0 saturated heterocycles. The summed E-state index contributed by atoms with van der Waals surface area (Å²) in [4.78, 5) is 16.8. The molecule has 4 nitrogen and oxygen atoms in total. The number of aryl methyl sites for hydroxylation is 1. The molecule has 0 aliphatic rings. The third-order valence-corrected chi connectivity index (χ3v) is 4.21. The molecule has 2 aromatic carbocycles. The highest BCUT2D eigenvalue weighted by molar-refractivity contribution is 5.82. The highest BCUT2D eigenvalue weighted by Gasteiger charge is 2.11. The average molecular weight is 339 g/mol. The number of hydrogen-bond donors (Lipinski definition) is 1. The van der Waals surface area contributed by atoms with E-state index in [9.17, 15) is 9.18 Å². The van der Waals surface area contributed by atoms with Gasteiger partial charge in [0.05, 0.1) is 17.5 Å². The summed E-state index contributed by atoms with van der Waals surface area (Å²) in [6.07, 6.45) is 0.296. The number of aromatic nitrogens is 2. The number of fused-ring (bicyclic) bond motifs is 1. The Morgan fingerprint density at radius 1 is 1.16 bits per heavy atom. The predicted octanol–water partition coefficient (Wildman–Crippen LogP) is 3.92. The van der Waals surface area contributed by atoms with E-state index in [4.69, 9.17) is 0 Å². The van der Waals surface area contributed by atoms with Crippen molar-refractivity contribution in [1.82, 2.24) is 14.9 Å². The highest BCUT2D eigenvalue weighted by atomic mass is 19.1. The fourth-order valence-electron chi connectivity index (χ4n) is 3.08. The van der Waals surface area contributed by atoms with Gasteiger partial charge in [-0.1, -0.05) is 18.2 Å². The maximum atomic E-state index is 12.9. The van der Waals surface area contributed by atoms with Crippen LogP contribution in [0.4, 0.5) is 4.39 Å². The molecule has 0 aliphatic carbocycles. The van der Waals surface area contributed by atoms with E-state index in [2.05, 4.69) is 28.7 Å². The number of hydrogen-bond acceptors (Lipinski definition) is 2. The van der Waals surface area contributed by atoms with Gasteiger partial charge in [0, 0.05) is 12.6 Å². The first-order valence-electron chi connectivity index (χ1n) is 8.42. The lowest BCUT2D eigenvalue weighted by Crippen LogP contribution is -2.24. The first-order chi connectivity index (χ1) is 11.9. The van der Waals surface area contributed by atoms with Crippen LogP contribution in [0.1, 0.15) is 36.8 Å². The van der Waals surface area contributed by atoms with Crippen molar-refractivity contribution in [3.63, 3.8) is 0 Å². The molecule has 3 aromatic rings. The van der Waals surface area contributed by atoms with Gasteiger partial charge in [0.25, 0.3) is 0 Å². The normalized spacial score (nSPS) is 11.2. The third kappa shape index (κ3) is 3.87. The van der Waals surface area contributed by atoms with Gasteiger partial charge >= 0.3 is 0 Å². The Morgan fingerprint density at radius 2 is 1.84 bits per heavy atom.